The summed E-state index contributed by atoms with van der Waals surface area (Å²) < 4.78 is 20.3. The van der Waals surface area contributed by atoms with Crippen molar-refractivity contribution >= 4 is 0 Å². The van der Waals surface area contributed by atoms with E-state index in [1.807, 2.05) is 13.8 Å². The van der Waals surface area contributed by atoms with E-state index in [2.05, 4.69) is 0 Å². The molecule has 4 heteroatoms. The standard InChI is InChI=1S/C3H7O.C2H5O.O.Ti/c1-3(2)4;1-2-3;;/h3H,1-2H3;2H2,1H3;;/q2*-1;;+2. The molecule has 9 heavy (non-hydrogen) atoms. The fourth-order valence-corrected chi connectivity index (χ4v) is 1.42. The zero-order valence-corrected chi connectivity index (χ0v) is 7.57. The van der Waals surface area contributed by atoms with E-state index in [0.29, 0.717) is 6.61 Å². The van der Waals surface area contributed by atoms with Gasteiger partial charge in [-0.25, -0.2) is 0 Å². The van der Waals surface area contributed by atoms with Crippen LogP contribution in [-0.4, -0.2) is 12.7 Å². The quantitative estimate of drug-likeness (QED) is 0.592. The summed E-state index contributed by atoms with van der Waals surface area (Å²) in [6.07, 6.45) is 0.0176. The van der Waals surface area contributed by atoms with Gasteiger partial charge in [-0.3, -0.25) is 0 Å². The van der Waals surface area contributed by atoms with Gasteiger partial charge in [0.1, 0.15) is 0 Å². The molecule has 0 saturated carbocycles. The minimum absolute atomic E-state index is 0.0176. The van der Waals surface area contributed by atoms with Crippen LogP contribution in [0.1, 0.15) is 20.8 Å². The molecule has 0 aliphatic carbocycles. The number of rotatable bonds is 4. The van der Waals surface area contributed by atoms with Crippen molar-refractivity contribution in [1.29, 1.82) is 0 Å². The molecule has 0 N–H and O–H groups in total. The van der Waals surface area contributed by atoms with Crippen molar-refractivity contribution in [1.82, 2.24) is 0 Å². The van der Waals surface area contributed by atoms with Crippen LogP contribution in [0, 0.1) is 0 Å². The fourth-order valence-electron chi connectivity index (χ4n) is 0.344. The Balaban J connectivity index is 3.27. The second-order valence-corrected chi connectivity index (χ2v) is 3.45. The molecule has 0 saturated heterocycles. The van der Waals surface area contributed by atoms with Gasteiger partial charge in [0.05, 0.1) is 0 Å². The van der Waals surface area contributed by atoms with Crippen LogP contribution in [0.2, 0.25) is 0 Å². The van der Waals surface area contributed by atoms with E-state index in [-0.39, 0.29) is 6.10 Å². The van der Waals surface area contributed by atoms with E-state index >= 15 is 0 Å². The van der Waals surface area contributed by atoms with Gasteiger partial charge in [0.2, 0.25) is 0 Å². The van der Waals surface area contributed by atoms with Crippen LogP contribution in [-0.2, 0) is 28.6 Å². The summed E-state index contributed by atoms with van der Waals surface area (Å²) in [6, 6.07) is 0. The molecule has 0 rings (SSSR count). The normalized spacial score (nSPS) is 10.2. The Hall–Kier alpha value is 0.434. The molecule has 0 atom stereocenters. The second kappa shape index (κ2) is 5.24. The van der Waals surface area contributed by atoms with Crippen molar-refractivity contribution in [3.05, 3.63) is 0 Å². The van der Waals surface area contributed by atoms with Crippen LogP contribution < -0.4 is 0 Å². The molecule has 0 aromatic carbocycles. The average Bonchev–Trinajstić information content (AvgIpc) is 1.63. The molecule has 0 aliphatic rings. The van der Waals surface area contributed by atoms with Crippen molar-refractivity contribution < 1.29 is 28.6 Å². The van der Waals surface area contributed by atoms with Crippen molar-refractivity contribution in [2.75, 3.05) is 6.61 Å². The molecule has 0 spiro atoms. The molecule has 0 aromatic rings. The Morgan fingerprint density at radius 3 is 2.44 bits per heavy atom. The topological polar surface area (TPSA) is 35.5 Å². The number of hydrogen-bond donors (Lipinski definition) is 0. The Morgan fingerprint density at radius 1 is 1.56 bits per heavy atom. The van der Waals surface area contributed by atoms with E-state index in [1.54, 1.807) is 6.92 Å². The summed E-state index contributed by atoms with van der Waals surface area (Å²) in [6.45, 7) is 5.95. The molecular weight excluding hydrogens is 156 g/mol. The predicted octanol–water partition coefficient (Wildman–Crippen LogP) is 1.24. The van der Waals surface area contributed by atoms with Crippen LogP contribution in [0.5, 0.6) is 0 Å². The predicted molar refractivity (Wildman–Crippen MR) is 28.5 cm³/mol. The van der Waals surface area contributed by atoms with Crippen molar-refractivity contribution in [2.45, 2.75) is 26.9 Å². The first-order valence-electron chi connectivity index (χ1n) is 3.00. The van der Waals surface area contributed by atoms with E-state index in [9.17, 15) is 3.32 Å². The number of hydrogen-bond acceptors (Lipinski definition) is 3. The van der Waals surface area contributed by atoms with Crippen molar-refractivity contribution in [3.8, 4) is 0 Å². The molecule has 0 fully saturated rings. The molecule has 54 valence electrons. The maximum absolute atomic E-state index is 10.7. The van der Waals surface area contributed by atoms with Gasteiger partial charge in [-0.05, 0) is 0 Å². The van der Waals surface area contributed by atoms with Gasteiger partial charge in [0, 0.05) is 0 Å². The Bertz CT molecular complexity index is 92.2. The van der Waals surface area contributed by atoms with Gasteiger partial charge < -0.3 is 0 Å². The second-order valence-electron chi connectivity index (χ2n) is 1.85. The summed E-state index contributed by atoms with van der Waals surface area (Å²) in [5.41, 5.74) is 0. The van der Waals surface area contributed by atoms with Crippen molar-refractivity contribution in [2.24, 2.45) is 0 Å². The summed E-state index contributed by atoms with van der Waals surface area (Å²) in [7, 11) is 0. The van der Waals surface area contributed by atoms with Gasteiger partial charge in [0.15, 0.2) is 0 Å². The zero-order chi connectivity index (χ0) is 7.28. The molecule has 0 unspecified atom stereocenters. The Kier molecular flexibility index (Phi) is 5.49. The maximum atomic E-state index is 10.7. The summed E-state index contributed by atoms with van der Waals surface area (Å²) in [5.74, 6) is 0. The molecular formula is C5H12O3Ti. The molecule has 3 nitrogen and oxygen atoms in total. The third-order valence-corrected chi connectivity index (χ3v) is 2.45. The van der Waals surface area contributed by atoms with Crippen LogP contribution in [0.3, 0.4) is 0 Å². The van der Waals surface area contributed by atoms with Gasteiger partial charge >= 0.3 is 62.1 Å². The Labute approximate surface area is 62.5 Å². The van der Waals surface area contributed by atoms with Gasteiger partial charge in [-0.15, -0.1) is 0 Å². The first-order chi connectivity index (χ1) is 4.16. The van der Waals surface area contributed by atoms with E-state index < -0.39 is 18.6 Å². The molecule has 0 bridgehead atoms. The summed E-state index contributed by atoms with van der Waals surface area (Å²) >= 11 is -2.75. The SMILES string of the molecule is CC[O][Ti](=[O])[O]C(C)C. The molecule has 0 aliphatic heterocycles. The summed E-state index contributed by atoms with van der Waals surface area (Å²) in [5, 5.41) is 0. The van der Waals surface area contributed by atoms with Crippen LogP contribution >= 0.6 is 0 Å². The monoisotopic (exact) mass is 168 g/mol. The Morgan fingerprint density at radius 2 is 2.11 bits per heavy atom. The first-order valence-corrected chi connectivity index (χ1v) is 4.91. The summed E-state index contributed by atoms with van der Waals surface area (Å²) in [4.78, 5) is 0. The van der Waals surface area contributed by atoms with E-state index in [4.69, 9.17) is 6.64 Å². The van der Waals surface area contributed by atoms with E-state index in [1.165, 1.54) is 0 Å². The van der Waals surface area contributed by atoms with Crippen molar-refractivity contribution in [3.63, 3.8) is 0 Å². The van der Waals surface area contributed by atoms with E-state index in [0.717, 1.165) is 0 Å². The third kappa shape index (κ3) is 6.32. The van der Waals surface area contributed by atoms with Gasteiger partial charge in [0.25, 0.3) is 0 Å². The molecule has 0 amide bonds. The van der Waals surface area contributed by atoms with Crippen LogP contribution in [0.25, 0.3) is 0 Å². The molecule has 0 heterocycles. The van der Waals surface area contributed by atoms with Crippen LogP contribution in [0.4, 0.5) is 0 Å². The molecule has 0 radical (unpaired) electrons. The first kappa shape index (κ1) is 9.43. The van der Waals surface area contributed by atoms with Crippen LogP contribution in [0.15, 0.2) is 0 Å². The fraction of sp³-hybridized carbons (Fsp3) is 1.00. The zero-order valence-electron chi connectivity index (χ0n) is 6.01. The average molecular weight is 168 g/mol. The van der Waals surface area contributed by atoms with Gasteiger partial charge in [-0.1, -0.05) is 0 Å². The molecule has 0 aromatic heterocycles. The third-order valence-electron chi connectivity index (χ3n) is 0.594. The minimum atomic E-state index is -2.75. The van der Waals surface area contributed by atoms with Gasteiger partial charge in [-0.2, -0.15) is 0 Å².